The van der Waals surface area contributed by atoms with Crippen LogP contribution >= 0.6 is 0 Å². The number of aromatic amines is 1. The molecule has 1 amide bonds. The van der Waals surface area contributed by atoms with Crippen LogP contribution < -0.4 is 11.1 Å². The quantitative estimate of drug-likeness (QED) is 0.769. The number of aryl methyl sites for hydroxylation is 1. The molecular formula is C13H16N4O. The van der Waals surface area contributed by atoms with Crippen LogP contribution in [0.2, 0.25) is 0 Å². The highest BCUT2D eigenvalue weighted by molar-refractivity contribution is 6.04. The first-order chi connectivity index (χ1) is 8.61. The Morgan fingerprint density at radius 2 is 2.00 bits per heavy atom. The molecule has 2 aromatic rings. The van der Waals surface area contributed by atoms with E-state index in [9.17, 15) is 4.79 Å². The van der Waals surface area contributed by atoms with Crippen molar-refractivity contribution in [2.75, 3.05) is 5.32 Å². The average Bonchev–Trinajstić information content (AvgIpc) is 2.71. The molecule has 0 spiro atoms. The van der Waals surface area contributed by atoms with Crippen LogP contribution in [0.3, 0.4) is 0 Å². The number of carbonyl (C=O) groups excluding carboxylic acids is 1. The Bertz CT molecular complexity index is 557. The lowest BCUT2D eigenvalue weighted by atomic mass is 10.1. The predicted octanol–water partition coefficient (Wildman–Crippen LogP) is 1.74. The van der Waals surface area contributed by atoms with Crippen molar-refractivity contribution in [3.05, 3.63) is 46.6 Å². The first kappa shape index (κ1) is 12.3. The van der Waals surface area contributed by atoms with Gasteiger partial charge in [0, 0.05) is 23.4 Å². The summed E-state index contributed by atoms with van der Waals surface area (Å²) in [6.07, 6.45) is 0. The molecule has 0 fully saturated rings. The van der Waals surface area contributed by atoms with E-state index < -0.39 is 0 Å². The molecular weight excluding hydrogens is 228 g/mol. The Morgan fingerprint density at radius 1 is 1.33 bits per heavy atom. The van der Waals surface area contributed by atoms with Gasteiger partial charge in [0.05, 0.1) is 0 Å². The number of H-pyrrole nitrogens is 1. The maximum absolute atomic E-state index is 12.0. The number of nitrogens with two attached hydrogens (primary N) is 1. The van der Waals surface area contributed by atoms with Crippen LogP contribution in [-0.2, 0) is 6.54 Å². The molecule has 18 heavy (non-hydrogen) atoms. The molecule has 0 atom stereocenters. The van der Waals surface area contributed by atoms with Crippen molar-refractivity contribution in [2.24, 2.45) is 5.73 Å². The number of hydrogen-bond donors (Lipinski definition) is 3. The minimum Gasteiger partial charge on any atom is -0.326 e. The Balaban J connectivity index is 2.14. The first-order valence-electron chi connectivity index (χ1n) is 5.73. The maximum Gasteiger partial charge on any atom is 0.256 e. The van der Waals surface area contributed by atoms with Crippen molar-refractivity contribution in [3.63, 3.8) is 0 Å². The second-order valence-electron chi connectivity index (χ2n) is 4.18. The van der Waals surface area contributed by atoms with Gasteiger partial charge >= 0.3 is 0 Å². The van der Waals surface area contributed by atoms with E-state index in [1.807, 2.05) is 26.0 Å². The normalized spacial score (nSPS) is 10.4. The van der Waals surface area contributed by atoms with Gasteiger partial charge in [0.1, 0.15) is 0 Å². The number of carbonyl (C=O) groups is 1. The molecule has 0 unspecified atom stereocenters. The monoisotopic (exact) mass is 244 g/mol. The lowest BCUT2D eigenvalue weighted by molar-refractivity contribution is 0.102. The van der Waals surface area contributed by atoms with Crippen LogP contribution in [0.1, 0.15) is 27.2 Å². The van der Waals surface area contributed by atoms with Crippen LogP contribution in [0.4, 0.5) is 5.82 Å². The molecule has 4 N–H and O–H groups in total. The number of amides is 1. The highest BCUT2D eigenvalue weighted by Gasteiger charge is 2.10. The summed E-state index contributed by atoms with van der Waals surface area (Å²) in [7, 11) is 0. The fraction of sp³-hybridized carbons (Fsp3) is 0.231. The number of rotatable bonds is 3. The summed E-state index contributed by atoms with van der Waals surface area (Å²) in [5, 5.41) is 9.64. The van der Waals surface area contributed by atoms with Crippen molar-refractivity contribution >= 4 is 11.7 Å². The van der Waals surface area contributed by atoms with Crippen LogP contribution in [-0.4, -0.2) is 16.1 Å². The number of benzene rings is 1. The Morgan fingerprint density at radius 3 is 2.50 bits per heavy atom. The van der Waals surface area contributed by atoms with E-state index in [0.717, 1.165) is 16.8 Å². The van der Waals surface area contributed by atoms with E-state index in [-0.39, 0.29) is 5.91 Å². The summed E-state index contributed by atoms with van der Waals surface area (Å²) in [5.41, 5.74) is 8.99. The molecule has 0 bridgehead atoms. The molecule has 5 heteroatoms. The molecule has 0 saturated carbocycles. The highest BCUT2D eigenvalue weighted by atomic mass is 16.1. The van der Waals surface area contributed by atoms with Crippen LogP contribution in [0.15, 0.2) is 24.3 Å². The number of nitrogens with one attached hydrogen (secondary N) is 2. The van der Waals surface area contributed by atoms with Gasteiger partial charge in [-0.05, 0) is 31.5 Å². The topological polar surface area (TPSA) is 83.8 Å². The largest absolute Gasteiger partial charge is 0.326 e. The third-order valence-electron chi connectivity index (χ3n) is 2.94. The Labute approximate surface area is 105 Å². The van der Waals surface area contributed by atoms with Gasteiger partial charge in [-0.1, -0.05) is 12.1 Å². The molecule has 0 aliphatic heterocycles. The predicted molar refractivity (Wildman–Crippen MR) is 70.3 cm³/mol. The summed E-state index contributed by atoms with van der Waals surface area (Å²) in [6, 6.07) is 7.20. The third-order valence-corrected chi connectivity index (χ3v) is 2.94. The van der Waals surface area contributed by atoms with Crippen molar-refractivity contribution < 1.29 is 4.79 Å². The zero-order chi connectivity index (χ0) is 13.1. The average molecular weight is 244 g/mol. The minimum atomic E-state index is -0.173. The third kappa shape index (κ3) is 2.41. The maximum atomic E-state index is 12.0. The number of hydrogen-bond acceptors (Lipinski definition) is 3. The number of aromatic nitrogens is 2. The van der Waals surface area contributed by atoms with Crippen molar-refractivity contribution in [2.45, 2.75) is 20.4 Å². The molecule has 0 aliphatic carbocycles. The van der Waals surface area contributed by atoms with Crippen molar-refractivity contribution in [3.8, 4) is 0 Å². The molecule has 5 nitrogen and oxygen atoms in total. The van der Waals surface area contributed by atoms with E-state index in [4.69, 9.17) is 5.73 Å². The summed E-state index contributed by atoms with van der Waals surface area (Å²) >= 11 is 0. The summed E-state index contributed by atoms with van der Waals surface area (Å²) in [4.78, 5) is 12.0. The van der Waals surface area contributed by atoms with Gasteiger partial charge in [0.15, 0.2) is 5.82 Å². The standard InChI is InChI=1S/C13H16N4O/c1-8-9(2)16-17-12(8)15-13(18)11-5-3-10(7-14)4-6-11/h3-6H,7,14H2,1-2H3,(H2,15,16,17,18). The van der Waals surface area contributed by atoms with Gasteiger partial charge in [-0.25, -0.2) is 0 Å². The van der Waals surface area contributed by atoms with Gasteiger partial charge in [-0.2, -0.15) is 5.10 Å². The molecule has 2 rings (SSSR count). The zero-order valence-corrected chi connectivity index (χ0v) is 10.4. The van der Waals surface area contributed by atoms with Gasteiger partial charge < -0.3 is 11.1 Å². The summed E-state index contributed by atoms with van der Waals surface area (Å²) < 4.78 is 0. The fourth-order valence-electron chi connectivity index (χ4n) is 1.58. The number of nitrogens with zero attached hydrogens (tertiary/aromatic N) is 1. The molecule has 1 aromatic heterocycles. The Kier molecular flexibility index (Phi) is 3.43. The number of anilines is 1. The summed E-state index contributed by atoms with van der Waals surface area (Å²) in [5.74, 6) is 0.397. The van der Waals surface area contributed by atoms with Crippen LogP contribution in [0.25, 0.3) is 0 Å². The zero-order valence-electron chi connectivity index (χ0n) is 10.4. The van der Waals surface area contributed by atoms with Gasteiger partial charge in [0.25, 0.3) is 5.91 Å². The van der Waals surface area contributed by atoms with E-state index in [0.29, 0.717) is 17.9 Å². The van der Waals surface area contributed by atoms with Gasteiger partial charge in [-0.3, -0.25) is 9.89 Å². The van der Waals surface area contributed by atoms with Crippen LogP contribution in [0, 0.1) is 13.8 Å². The molecule has 1 aromatic carbocycles. The first-order valence-corrected chi connectivity index (χ1v) is 5.73. The Hall–Kier alpha value is -2.14. The lowest BCUT2D eigenvalue weighted by Crippen LogP contribution is -2.13. The second kappa shape index (κ2) is 5.01. The minimum absolute atomic E-state index is 0.173. The van der Waals surface area contributed by atoms with Crippen molar-refractivity contribution in [1.82, 2.24) is 10.2 Å². The smallest absolute Gasteiger partial charge is 0.256 e. The van der Waals surface area contributed by atoms with Crippen LogP contribution in [0.5, 0.6) is 0 Å². The van der Waals surface area contributed by atoms with E-state index >= 15 is 0 Å². The second-order valence-corrected chi connectivity index (χ2v) is 4.18. The van der Waals surface area contributed by atoms with Gasteiger partial charge in [0.2, 0.25) is 0 Å². The molecule has 94 valence electrons. The molecule has 0 radical (unpaired) electrons. The van der Waals surface area contributed by atoms with Gasteiger partial charge in [-0.15, -0.1) is 0 Å². The fourth-order valence-corrected chi connectivity index (χ4v) is 1.58. The SMILES string of the molecule is Cc1[nH]nc(NC(=O)c2ccc(CN)cc2)c1C. The summed E-state index contributed by atoms with van der Waals surface area (Å²) in [6.45, 7) is 4.29. The lowest BCUT2D eigenvalue weighted by Gasteiger charge is -2.04. The molecule has 0 aliphatic rings. The van der Waals surface area contributed by atoms with E-state index in [2.05, 4.69) is 15.5 Å². The van der Waals surface area contributed by atoms with E-state index in [1.54, 1.807) is 12.1 Å². The molecule has 0 saturated heterocycles. The van der Waals surface area contributed by atoms with E-state index in [1.165, 1.54) is 0 Å². The van der Waals surface area contributed by atoms with Crippen molar-refractivity contribution in [1.29, 1.82) is 0 Å². The molecule has 1 heterocycles. The highest BCUT2D eigenvalue weighted by Crippen LogP contribution is 2.15.